The number of benzene rings is 1. The number of rotatable bonds is 5. The van der Waals surface area contributed by atoms with E-state index >= 15 is 0 Å². The molecule has 29 heavy (non-hydrogen) atoms. The minimum absolute atomic E-state index is 0.0369. The fourth-order valence-corrected chi connectivity index (χ4v) is 3.24. The van der Waals surface area contributed by atoms with Crippen molar-refractivity contribution < 1.29 is 19.4 Å². The second-order valence-corrected chi connectivity index (χ2v) is 6.76. The summed E-state index contributed by atoms with van der Waals surface area (Å²) in [5.74, 6) is -0.944. The van der Waals surface area contributed by atoms with Crippen LogP contribution in [0.4, 0.5) is 4.79 Å². The van der Waals surface area contributed by atoms with E-state index in [1.54, 1.807) is 35.5 Å². The number of amides is 1. The number of carbonyl (C=O) groups excluding carboxylic acids is 1. The summed E-state index contributed by atoms with van der Waals surface area (Å²) in [5.41, 5.74) is 3.32. The standard InChI is InChI=1S/C18H19N7O4/c26-17(27)14-3-1-13(2-4-14)7-23-8-15-9-24(6-5-16(15)19-10-23)18(28)29-12-25-11-20-21-22-25/h1-4,10-11H,5-9,12H2,(H,26,27). The van der Waals surface area contributed by atoms with Gasteiger partial charge in [0.15, 0.2) is 6.73 Å². The van der Waals surface area contributed by atoms with E-state index in [9.17, 15) is 9.59 Å². The third-order valence-corrected chi connectivity index (χ3v) is 4.74. The molecule has 1 amide bonds. The van der Waals surface area contributed by atoms with Gasteiger partial charge in [0.1, 0.15) is 6.33 Å². The summed E-state index contributed by atoms with van der Waals surface area (Å²) in [5, 5.41) is 19.6. The highest BCUT2D eigenvalue weighted by atomic mass is 16.6. The molecule has 150 valence electrons. The Hall–Kier alpha value is -3.76. The third-order valence-electron chi connectivity index (χ3n) is 4.74. The minimum Gasteiger partial charge on any atom is -0.478 e. The maximum absolute atomic E-state index is 12.3. The number of carboxylic acid groups (broad SMARTS) is 1. The molecule has 4 rings (SSSR count). The van der Waals surface area contributed by atoms with E-state index < -0.39 is 12.1 Å². The van der Waals surface area contributed by atoms with Crippen molar-refractivity contribution in [2.45, 2.75) is 19.7 Å². The zero-order valence-corrected chi connectivity index (χ0v) is 15.5. The van der Waals surface area contributed by atoms with Crippen molar-refractivity contribution in [1.82, 2.24) is 30.0 Å². The summed E-state index contributed by atoms with van der Waals surface area (Å²) in [6.07, 6.45) is 3.43. The Morgan fingerprint density at radius 3 is 2.72 bits per heavy atom. The van der Waals surface area contributed by atoms with Crippen molar-refractivity contribution >= 4 is 18.4 Å². The van der Waals surface area contributed by atoms with Crippen molar-refractivity contribution in [3.8, 4) is 0 Å². The molecule has 11 nitrogen and oxygen atoms in total. The normalized spacial score (nSPS) is 16.0. The van der Waals surface area contributed by atoms with Crippen LogP contribution in [0.15, 0.2) is 46.9 Å². The van der Waals surface area contributed by atoms with Crippen LogP contribution in [0, 0.1) is 0 Å². The molecular weight excluding hydrogens is 378 g/mol. The number of tetrazole rings is 1. The summed E-state index contributed by atoms with van der Waals surface area (Å²) >= 11 is 0. The number of nitrogens with zero attached hydrogens (tertiary/aromatic N) is 7. The van der Waals surface area contributed by atoms with Crippen LogP contribution in [-0.2, 0) is 18.0 Å². The molecule has 2 aliphatic rings. The van der Waals surface area contributed by atoms with E-state index in [1.165, 1.54) is 11.0 Å². The molecule has 0 bridgehead atoms. The van der Waals surface area contributed by atoms with Crippen LogP contribution in [0.1, 0.15) is 22.3 Å². The molecule has 0 spiro atoms. The van der Waals surface area contributed by atoms with Gasteiger partial charge in [-0.1, -0.05) is 12.1 Å². The lowest BCUT2D eigenvalue weighted by molar-refractivity contribution is 0.0693. The predicted octanol–water partition coefficient (Wildman–Crippen LogP) is 0.969. The number of hydrogen-bond donors (Lipinski definition) is 1. The van der Waals surface area contributed by atoms with Crippen LogP contribution in [0.3, 0.4) is 0 Å². The highest BCUT2D eigenvalue weighted by molar-refractivity contribution is 5.87. The predicted molar refractivity (Wildman–Crippen MR) is 99.8 cm³/mol. The molecule has 0 saturated heterocycles. The summed E-state index contributed by atoms with van der Waals surface area (Å²) in [6.45, 7) is 2.21. The molecule has 11 heteroatoms. The fourth-order valence-electron chi connectivity index (χ4n) is 3.24. The zero-order chi connectivity index (χ0) is 20.2. The average Bonchev–Trinajstić information content (AvgIpc) is 3.25. The number of aliphatic imine (C=N–C) groups is 1. The van der Waals surface area contributed by atoms with Crippen molar-refractivity contribution in [2.75, 3.05) is 19.6 Å². The Morgan fingerprint density at radius 1 is 1.17 bits per heavy atom. The topological polar surface area (TPSA) is 126 Å². The Morgan fingerprint density at radius 2 is 2.00 bits per heavy atom. The Bertz CT molecular complexity index is 953. The summed E-state index contributed by atoms with van der Waals surface area (Å²) in [4.78, 5) is 31.5. The van der Waals surface area contributed by atoms with Crippen LogP contribution < -0.4 is 0 Å². The molecule has 1 aromatic heterocycles. The number of carbonyl (C=O) groups is 2. The molecule has 3 heterocycles. The molecule has 0 aliphatic carbocycles. The largest absolute Gasteiger partial charge is 0.478 e. The zero-order valence-electron chi connectivity index (χ0n) is 15.5. The highest BCUT2D eigenvalue weighted by Gasteiger charge is 2.26. The van der Waals surface area contributed by atoms with Crippen LogP contribution >= 0.6 is 0 Å². The van der Waals surface area contributed by atoms with Crippen LogP contribution in [0.2, 0.25) is 0 Å². The van der Waals surface area contributed by atoms with Gasteiger partial charge in [-0.15, -0.1) is 5.10 Å². The number of aromatic carboxylic acids is 1. The number of carboxylic acids is 1. The van der Waals surface area contributed by atoms with Gasteiger partial charge in [0.05, 0.1) is 11.9 Å². The Labute approximate surface area is 165 Å². The van der Waals surface area contributed by atoms with E-state index in [-0.39, 0.29) is 12.3 Å². The molecule has 0 radical (unpaired) electrons. The fraction of sp³-hybridized carbons (Fsp3) is 0.333. The van der Waals surface area contributed by atoms with E-state index in [0.717, 1.165) is 16.8 Å². The van der Waals surface area contributed by atoms with Gasteiger partial charge in [0, 0.05) is 38.3 Å². The molecule has 2 aromatic rings. The van der Waals surface area contributed by atoms with Gasteiger partial charge in [-0.25, -0.2) is 14.6 Å². The molecule has 1 N–H and O–H groups in total. The first-order chi connectivity index (χ1) is 14.1. The summed E-state index contributed by atoms with van der Waals surface area (Å²) in [6, 6.07) is 6.77. The summed E-state index contributed by atoms with van der Waals surface area (Å²) < 4.78 is 6.57. The number of hydrogen-bond acceptors (Lipinski definition) is 8. The second-order valence-electron chi connectivity index (χ2n) is 6.76. The molecule has 0 fully saturated rings. The van der Waals surface area contributed by atoms with Gasteiger partial charge in [-0.3, -0.25) is 0 Å². The molecule has 0 saturated carbocycles. The lowest BCUT2D eigenvalue weighted by Gasteiger charge is -2.34. The molecule has 2 aliphatic heterocycles. The molecule has 0 unspecified atom stereocenters. The number of aromatic nitrogens is 4. The van der Waals surface area contributed by atoms with Gasteiger partial charge in [-0.05, 0) is 33.7 Å². The van der Waals surface area contributed by atoms with E-state index in [4.69, 9.17) is 9.84 Å². The van der Waals surface area contributed by atoms with Gasteiger partial charge in [-0.2, -0.15) is 4.68 Å². The van der Waals surface area contributed by atoms with Gasteiger partial charge < -0.3 is 19.6 Å². The summed E-state index contributed by atoms with van der Waals surface area (Å²) in [7, 11) is 0. The second kappa shape index (κ2) is 8.09. The highest BCUT2D eigenvalue weighted by Crippen LogP contribution is 2.24. The van der Waals surface area contributed by atoms with Crippen molar-refractivity contribution in [3.63, 3.8) is 0 Å². The van der Waals surface area contributed by atoms with Crippen molar-refractivity contribution in [3.05, 3.63) is 53.0 Å². The Kier molecular flexibility index (Phi) is 5.18. The van der Waals surface area contributed by atoms with Gasteiger partial charge >= 0.3 is 12.1 Å². The quantitative estimate of drug-likeness (QED) is 0.791. The SMILES string of the molecule is O=C(O)c1ccc(CN2C=NC3=C(C2)CN(C(=O)OCn2cnnn2)CC3)cc1. The van der Waals surface area contributed by atoms with E-state index in [1.807, 2.05) is 4.90 Å². The third kappa shape index (κ3) is 4.39. The molecule has 0 atom stereocenters. The van der Waals surface area contributed by atoms with Crippen LogP contribution in [0.5, 0.6) is 0 Å². The first-order valence-electron chi connectivity index (χ1n) is 9.02. The number of ether oxygens (including phenoxy) is 1. The minimum atomic E-state index is -0.944. The Balaban J connectivity index is 1.33. The van der Waals surface area contributed by atoms with E-state index in [0.29, 0.717) is 32.6 Å². The molecular formula is C18H19N7O4. The van der Waals surface area contributed by atoms with Crippen LogP contribution in [0.25, 0.3) is 0 Å². The first kappa shape index (κ1) is 18.6. The first-order valence-corrected chi connectivity index (χ1v) is 9.02. The van der Waals surface area contributed by atoms with E-state index in [2.05, 4.69) is 20.5 Å². The maximum atomic E-state index is 12.3. The molecule has 1 aromatic carbocycles. The van der Waals surface area contributed by atoms with Crippen molar-refractivity contribution in [1.29, 1.82) is 0 Å². The van der Waals surface area contributed by atoms with Gasteiger partial charge in [0.2, 0.25) is 0 Å². The van der Waals surface area contributed by atoms with Crippen LogP contribution in [-0.4, -0.2) is 73.1 Å². The monoisotopic (exact) mass is 397 g/mol. The lowest BCUT2D eigenvalue weighted by Crippen LogP contribution is -2.41. The maximum Gasteiger partial charge on any atom is 0.411 e. The smallest absolute Gasteiger partial charge is 0.411 e. The van der Waals surface area contributed by atoms with Crippen molar-refractivity contribution in [2.24, 2.45) is 4.99 Å². The lowest BCUT2D eigenvalue weighted by atomic mass is 10.0. The average molecular weight is 397 g/mol. The van der Waals surface area contributed by atoms with Gasteiger partial charge in [0.25, 0.3) is 0 Å².